The molecule has 1 saturated carbocycles. The van der Waals surface area contributed by atoms with E-state index >= 15 is 0 Å². The predicted molar refractivity (Wildman–Crippen MR) is 69.8 cm³/mol. The van der Waals surface area contributed by atoms with Gasteiger partial charge in [-0.3, -0.25) is 0 Å². The first-order valence-electron chi connectivity index (χ1n) is 6.27. The Morgan fingerprint density at radius 1 is 1.11 bits per heavy atom. The van der Waals surface area contributed by atoms with Gasteiger partial charge in [-0.25, -0.2) is 0 Å². The van der Waals surface area contributed by atoms with Crippen LogP contribution in [0.1, 0.15) is 36.8 Å². The predicted octanol–water partition coefficient (Wildman–Crippen LogP) is 5.20. The number of alkyl halides is 4. The SMILES string of the molecule is FC(F)(F)c1ccccc1CC1CCCCC1Br. The average Bonchev–Trinajstić information content (AvgIpc) is 2.31. The van der Waals surface area contributed by atoms with Crippen LogP contribution in [0.25, 0.3) is 0 Å². The lowest BCUT2D eigenvalue weighted by Gasteiger charge is -2.28. The molecule has 4 heteroatoms. The van der Waals surface area contributed by atoms with Crippen LogP contribution in [-0.4, -0.2) is 4.83 Å². The largest absolute Gasteiger partial charge is 0.416 e. The molecule has 0 amide bonds. The molecule has 18 heavy (non-hydrogen) atoms. The third kappa shape index (κ3) is 3.28. The van der Waals surface area contributed by atoms with E-state index in [1.54, 1.807) is 12.1 Å². The summed E-state index contributed by atoms with van der Waals surface area (Å²) in [7, 11) is 0. The molecule has 2 unspecified atom stereocenters. The highest BCUT2D eigenvalue weighted by Crippen LogP contribution is 2.37. The second kappa shape index (κ2) is 5.64. The molecule has 1 aliphatic carbocycles. The fraction of sp³-hybridized carbons (Fsp3) is 0.571. The summed E-state index contributed by atoms with van der Waals surface area (Å²) in [6, 6.07) is 5.94. The van der Waals surface area contributed by atoms with Gasteiger partial charge < -0.3 is 0 Å². The summed E-state index contributed by atoms with van der Waals surface area (Å²) in [6.07, 6.45) is 0.661. The van der Waals surface area contributed by atoms with Crippen LogP contribution in [0.4, 0.5) is 13.2 Å². The molecule has 0 radical (unpaired) electrons. The molecule has 2 atom stereocenters. The van der Waals surface area contributed by atoms with Crippen molar-refractivity contribution in [3.8, 4) is 0 Å². The fourth-order valence-electron chi connectivity index (χ4n) is 2.65. The number of rotatable bonds is 2. The Balaban J connectivity index is 2.18. The normalized spacial score (nSPS) is 25.1. The summed E-state index contributed by atoms with van der Waals surface area (Å²) < 4.78 is 38.7. The van der Waals surface area contributed by atoms with Crippen LogP contribution in [0.3, 0.4) is 0 Å². The van der Waals surface area contributed by atoms with E-state index in [4.69, 9.17) is 0 Å². The molecule has 0 spiro atoms. The van der Waals surface area contributed by atoms with Gasteiger partial charge in [0.05, 0.1) is 5.56 Å². The summed E-state index contributed by atoms with van der Waals surface area (Å²) in [5.41, 5.74) is -0.0448. The number of hydrogen-bond donors (Lipinski definition) is 0. The average molecular weight is 321 g/mol. The van der Waals surface area contributed by atoms with Crippen molar-refractivity contribution in [2.45, 2.75) is 43.1 Å². The zero-order chi connectivity index (χ0) is 13.2. The molecular formula is C14H16BrF3. The Hall–Kier alpha value is -0.510. The third-order valence-corrected chi connectivity index (χ3v) is 4.83. The fourth-order valence-corrected chi connectivity index (χ4v) is 3.42. The topological polar surface area (TPSA) is 0 Å². The van der Waals surface area contributed by atoms with Gasteiger partial charge in [-0.2, -0.15) is 13.2 Å². The van der Waals surface area contributed by atoms with Gasteiger partial charge in [0.1, 0.15) is 0 Å². The van der Waals surface area contributed by atoms with Gasteiger partial charge >= 0.3 is 6.18 Å². The highest BCUT2D eigenvalue weighted by Gasteiger charge is 2.34. The van der Waals surface area contributed by atoms with Crippen molar-refractivity contribution in [2.24, 2.45) is 5.92 Å². The van der Waals surface area contributed by atoms with E-state index in [1.165, 1.54) is 18.6 Å². The molecule has 2 rings (SSSR count). The zero-order valence-electron chi connectivity index (χ0n) is 10.0. The molecule has 0 saturated heterocycles. The van der Waals surface area contributed by atoms with Gasteiger partial charge in [0, 0.05) is 4.83 Å². The minimum absolute atomic E-state index is 0.322. The first-order valence-corrected chi connectivity index (χ1v) is 7.19. The summed E-state index contributed by atoms with van der Waals surface area (Å²) in [5.74, 6) is 0.322. The van der Waals surface area contributed by atoms with E-state index in [2.05, 4.69) is 15.9 Å². The molecular weight excluding hydrogens is 305 g/mol. The van der Waals surface area contributed by atoms with E-state index in [0.29, 0.717) is 22.7 Å². The Morgan fingerprint density at radius 2 is 1.78 bits per heavy atom. The van der Waals surface area contributed by atoms with E-state index in [1.807, 2.05) is 0 Å². The molecule has 0 heterocycles. The number of halogens is 4. The lowest BCUT2D eigenvalue weighted by Crippen LogP contribution is -2.22. The molecule has 0 N–H and O–H groups in total. The summed E-state index contributed by atoms with van der Waals surface area (Å²) in [6.45, 7) is 0. The number of hydrogen-bond acceptors (Lipinski definition) is 0. The van der Waals surface area contributed by atoms with Crippen molar-refractivity contribution in [3.63, 3.8) is 0 Å². The number of benzene rings is 1. The Kier molecular flexibility index (Phi) is 4.36. The maximum absolute atomic E-state index is 12.9. The molecule has 100 valence electrons. The highest BCUT2D eigenvalue weighted by molar-refractivity contribution is 9.09. The smallest absolute Gasteiger partial charge is 0.166 e. The van der Waals surface area contributed by atoms with Crippen LogP contribution < -0.4 is 0 Å². The van der Waals surface area contributed by atoms with Crippen LogP contribution in [0, 0.1) is 5.92 Å². The van der Waals surface area contributed by atoms with E-state index in [0.717, 1.165) is 19.3 Å². The van der Waals surface area contributed by atoms with Crippen LogP contribution in [-0.2, 0) is 12.6 Å². The monoisotopic (exact) mass is 320 g/mol. The maximum atomic E-state index is 12.9. The highest BCUT2D eigenvalue weighted by atomic mass is 79.9. The Morgan fingerprint density at radius 3 is 2.44 bits per heavy atom. The molecule has 1 aliphatic rings. The van der Waals surface area contributed by atoms with Crippen molar-refractivity contribution < 1.29 is 13.2 Å². The van der Waals surface area contributed by atoms with Gasteiger partial charge in [0.2, 0.25) is 0 Å². The lowest BCUT2D eigenvalue weighted by atomic mass is 9.83. The second-order valence-corrected chi connectivity index (χ2v) is 6.10. The van der Waals surface area contributed by atoms with Gasteiger partial charge in [-0.15, -0.1) is 0 Å². The van der Waals surface area contributed by atoms with Gasteiger partial charge in [-0.05, 0) is 36.8 Å². The lowest BCUT2D eigenvalue weighted by molar-refractivity contribution is -0.138. The quantitative estimate of drug-likeness (QED) is 0.657. The summed E-state index contributed by atoms with van der Waals surface area (Å²) >= 11 is 3.61. The molecule has 0 aromatic heterocycles. The first kappa shape index (κ1) is 13.9. The molecule has 1 aromatic rings. The molecule has 0 aliphatic heterocycles. The van der Waals surface area contributed by atoms with Crippen LogP contribution in [0.5, 0.6) is 0 Å². The zero-order valence-corrected chi connectivity index (χ0v) is 11.6. The minimum atomic E-state index is -4.24. The summed E-state index contributed by atoms with van der Waals surface area (Å²) in [4.78, 5) is 0.354. The van der Waals surface area contributed by atoms with Crippen molar-refractivity contribution in [1.82, 2.24) is 0 Å². The van der Waals surface area contributed by atoms with Crippen molar-refractivity contribution in [3.05, 3.63) is 35.4 Å². The van der Waals surface area contributed by atoms with E-state index in [-0.39, 0.29) is 0 Å². The van der Waals surface area contributed by atoms with Crippen LogP contribution >= 0.6 is 15.9 Å². The maximum Gasteiger partial charge on any atom is 0.416 e. The van der Waals surface area contributed by atoms with E-state index < -0.39 is 11.7 Å². The van der Waals surface area contributed by atoms with Gasteiger partial charge in [-0.1, -0.05) is 47.0 Å². The molecule has 1 aromatic carbocycles. The first-order chi connectivity index (χ1) is 8.48. The minimum Gasteiger partial charge on any atom is -0.166 e. The van der Waals surface area contributed by atoms with Gasteiger partial charge in [0.15, 0.2) is 0 Å². The Bertz CT molecular complexity index is 400. The van der Waals surface area contributed by atoms with Crippen LogP contribution in [0.15, 0.2) is 24.3 Å². The molecule has 0 bridgehead atoms. The molecule has 0 nitrogen and oxygen atoms in total. The van der Waals surface area contributed by atoms with Gasteiger partial charge in [0.25, 0.3) is 0 Å². The summed E-state index contributed by atoms with van der Waals surface area (Å²) in [5, 5.41) is 0. The second-order valence-electron chi connectivity index (χ2n) is 4.92. The van der Waals surface area contributed by atoms with E-state index in [9.17, 15) is 13.2 Å². The standard InChI is InChI=1S/C14H16BrF3/c15-13-8-4-2-6-11(13)9-10-5-1-3-7-12(10)14(16,17)18/h1,3,5,7,11,13H,2,4,6,8-9H2. The van der Waals surface area contributed by atoms with Crippen LogP contribution in [0.2, 0.25) is 0 Å². The third-order valence-electron chi connectivity index (χ3n) is 3.62. The molecule has 1 fully saturated rings. The van der Waals surface area contributed by atoms with Crippen molar-refractivity contribution in [1.29, 1.82) is 0 Å². The Labute approximate surface area is 114 Å². The van der Waals surface area contributed by atoms with Crippen molar-refractivity contribution >= 4 is 15.9 Å². The van der Waals surface area contributed by atoms with Crippen molar-refractivity contribution in [2.75, 3.05) is 0 Å².